The Morgan fingerprint density at radius 2 is 1.93 bits per heavy atom. The van der Waals surface area contributed by atoms with E-state index in [2.05, 4.69) is 22.3 Å². The van der Waals surface area contributed by atoms with E-state index in [0.717, 1.165) is 39.1 Å². The molecular formula is C22H27FN2O3. The summed E-state index contributed by atoms with van der Waals surface area (Å²) >= 11 is 0. The Labute approximate surface area is 165 Å². The zero-order chi connectivity index (χ0) is 19.6. The fourth-order valence-corrected chi connectivity index (χ4v) is 3.19. The van der Waals surface area contributed by atoms with E-state index in [9.17, 15) is 9.18 Å². The summed E-state index contributed by atoms with van der Waals surface area (Å²) in [5.74, 6) is -0.0103. The van der Waals surface area contributed by atoms with E-state index in [1.165, 1.54) is 29.8 Å². The zero-order valence-corrected chi connectivity index (χ0v) is 16.0. The van der Waals surface area contributed by atoms with Gasteiger partial charge in [0, 0.05) is 19.6 Å². The Hall–Kier alpha value is -2.44. The monoisotopic (exact) mass is 386 g/mol. The summed E-state index contributed by atoms with van der Waals surface area (Å²) in [5, 5.41) is 2.86. The third-order valence-corrected chi connectivity index (χ3v) is 4.73. The number of halogens is 1. The molecule has 1 amide bonds. The Morgan fingerprint density at radius 1 is 1.14 bits per heavy atom. The molecule has 0 aliphatic carbocycles. The van der Waals surface area contributed by atoms with Gasteiger partial charge in [0.25, 0.3) is 5.91 Å². The molecule has 1 atom stereocenters. The van der Waals surface area contributed by atoms with Crippen LogP contribution in [-0.2, 0) is 9.53 Å². The van der Waals surface area contributed by atoms with Gasteiger partial charge >= 0.3 is 0 Å². The van der Waals surface area contributed by atoms with Crippen LogP contribution in [0.25, 0.3) is 0 Å². The average Bonchev–Trinajstić information content (AvgIpc) is 2.74. The van der Waals surface area contributed by atoms with Gasteiger partial charge in [0.2, 0.25) is 0 Å². The van der Waals surface area contributed by atoms with E-state index in [4.69, 9.17) is 9.47 Å². The number of nitrogens with zero attached hydrogens (tertiary/aromatic N) is 1. The lowest BCUT2D eigenvalue weighted by molar-refractivity contribution is -0.123. The number of benzene rings is 2. The van der Waals surface area contributed by atoms with Crippen molar-refractivity contribution in [1.82, 2.24) is 10.2 Å². The van der Waals surface area contributed by atoms with E-state index in [1.807, 2.05) is 18.2 Å². The molecule has 0 spiro atoms. The van der Waals surface area contributed by atoms with Crippen LogP contribution in [0, 0.1) is 5.82 Å². The van der Waals surface area contributed by atoms with Gasteiger partial charge in [0.1, 0.15) is 11.6 Å². The molecule has 1 unspecified atom stereocenters. The second-order valence-corrected chi connectivity index (χ2v) is 6.87. The van der Waals surface area contributed by atoms with Crippen LogP contribution in [0.3, 0.4) is 0 Å². The maximum atomic E-state index is 12.8. The summed E-state index contributed by atoms with van der Waals surface area (Å²) in [5.41, 5.74) is 1.22. The number of hydrogen-bond acceptors (Lipinski definition) is 4. The summed E-state index contributed by atoms with van der Waals surface area (Å²) in [4.78, 5) is 14.2. The highest BCUT2D eigenvalue weighted by atomic mass is 19.1. The van der Waals surface area contributed by atoms with Crippen molar-refractivity contribution in [2.45, 2.75) is 18.9 Å². The largest absolute Gasteiger partial charge is 0.484 e. The molecule has 6 heteroatoms. The highest BCUT2D eigenvalue weighted by Gasteiger charge is 2.21. The third kappa shape index (κ3) is 6.62. The summed E-state index contributed by atoms with van der Waals surface area (Å²) in [6.45, 7) is 4.15. The number of amides is 1. The summed E-state index contributed by atoms with van der Waals surface area (Å²) in [7, 11) is 0. The minimum Gasteiger partial charge on any atom is -0.484 e. The molecule has 0 aromatic heterocycles. The van der Waals surface area contributed by atoms with Crippen LogP contribution in [0.5, 0.6) is 5.75 Å². The van der Waals surface area contributed by atoms with Gasteiger partial charge in [-0.3, -0.25) is 9.69 Å². The first kappa shape index (κ1) is 20.3. The molecule has 0 radical (unpaired) electrons. The van der Waals surface area contributed by atoms with Crippen molar-refractivity contribution in [3.63, 3.8) is 0 Å². The summed E-state index contributed by atoms with van der Waals surface area (Å²) in [6.07, 6.45) is 2.06. The Morgan fingerprint density at radius 3 is 2.71 bits per heavy atom. The SMILES string of the molecule is O=C(COc1ccc(F)cc1)NCCCCN1CCOC(c2ccccc2)C1. The number of ether oxygens (including phenoxy) is 2. The highest BCUT2D eigenvalue weighted by molar-refractivity contribution is 5.77. The van der Waals surface area contributed by atoms with E-state index < -0.39 is 0 Å². The molecule has 1 N–H and O–H groups in total. The van der Waals surface area contributed by atoms with Crippen molar-refractivity contribution >= 4 is 5.91 Å². The van der Waals surface area contributed by atoms with Crippen LogP contribution in [-0.4, -0.2) is 50.2 Å². The summed E-state index contributed by atoms with van der Waals surface area (Å²) in [6, 6.07) is 15.9. The normalized spacial score (nSPS) is 17.2. The highest BCUT2D eigenvalue weighted by Crippen LogP contribution is 2.21. The number of carbonyl (C=O) groups is 1. The van der Waals surface area contributed by atoms with Gasteiger partial charge in [-0.05, 0) is 49.2 Å². The van der Waals surface area contributed by atoms with Crippen LogP contribution in [0.2, 0.25) is 0 Å². The van der Waals surface area contributed by atoms with Crippen LogP contribution in [0.15, 0.2) is 54.6 Å². The maximum Gasteiger partial charge on any atom is 0.257 e. The molecular weight excluding hydrogens is 359 g/mol. The molecule has 1 aliphatic heterocycles. The lowest BCUT2D eigenvalue weighted by Gasteiger charge is -2.33. The van der Waals surface area contributed by atoms with Crippen LogP contribution < -0.4 is 10.1 Å². The maximum absolute atomic E-state index is 12.8. The Bertz CT molecular complexity index is 724. The van der Waals surface area contributed by atoms with Crippen LogP contribution >= 0.6 is 0 Å². The zero-order valence-electron chi connectivity index (χ0n) is 16.0. The van der Waals surface area contributed by atoms with Crippen molar-refractivity contribution in [2.24, 2.45) is 0 Å². The molecule has 1 heterocycles. The van der Waals surface area contributed by atoms with Crippen LogP contribution in [0.1, 0.15) is 24.5 Å². The average molecular weight is 386 g/mol. The van der Waals surface area contributed by atoms with Gasteiger partial charge in [-0.1, -0.05) is 30.3 Å². The van der Waals surface area contributed by atoms with Crippen molar-refractivity contribution in [1.29, 1.82) is 0 Å². The fraction of sp³-hybridized carbons (Fsp3) is 0.409. The smallest absolute Gasteiger partial charge is 0.257 e. The molecule has 2 aromatic carbocycles. The molecule has 5 nitrogen and oxygen atoms in total. The lowest BCUT2D eigenvalue weighted by atomic mass is 10.1. The van der Waals surface area contributed by atoms with Gasteiger partial charge in [0.15, 0.2) is 6.61 Å². The second kappa shape index (κ2) is 10.8. The van der Waals surface area contributed by atoms with Gasteiger partial charge < -0.3 is 14.8 Å². The third-order valence-electron chi connectivity index (χ3n) is 4.73. The van der Waals surface area contributed by atoms with Gasteiger partial charge in [0.05, 0.1) is 12.7 Å². The predicted molar refractivity (Wildman–Crippen MR) is 106 cm³/mol. The topological polar surface area (TPSA) is 50.8 Å². The molecule has 28 heavy (non-hydrogen) atoms. The van der Waals surface area contributed by atoms with Gasteiger partial charge in [-0.2, -0.15) is 0 Å². The van der Waals surface area contributed by atoms with Crippen molar-refractivity contribution in [2.75, 3.05) is 39.4 Å². The minimum atomic E-state index is -0.327. The Kier molecular flexibility index (Phi) is 7.82. The number of rotatable bonds is 9. The van der Waals surface area contributed by atoms with Gasteiger partial charge in [-0.15, -0.1) is 0 Å². The molecule has 1 aliphatic rings. The first-order chi connectivity index (χ1) is 13.7. The number of hydrogen-bond donors (Lipinski definition) is 1. The van der Waals surface area contributed by atoms with Crippen LogP contribution in [0.4, 0.5) is 4.39 Å². The number of carbonyl (C=O) groups excluding carboxylic acids is 1. The molecule has 1 fully saturated rings. The lowest BCUT2D eigenvalue weighted by Crippen LogP contribution is -2.39. The van der Waals surface area contributed by atoms with Crippen molar-refractivity contribution in [3.05, 3.63) is 66.0 Å². The molecule has 2 aromatic rings. The number of unbranched alkanes of at least 4 members (excludes halogenated alkanes) is 1. The van der Waals surface area contributed by atoms with E-state index in [0.29, 0.717) is 12.3 Å². The first-order valence-corrected chi connectivity index (χ1v) is 9.75. The number of morpholine rings is 1. The van der Waals surface area contributed by atoms with Gasteiger partial charge in [-0.25, -0.2) is 4.39 Å². The predicted octanol–water partition coefficient (Wildman–Crippen LogP) is 3.17. The molecule has 150 valence electrons. The molecule has 0 bridgehead atoms. The quantitative estimate of drug-likeness (QED) is 0.673. The van der Waals surface area contributed by atoms with E-state index in [1.54, 1.807) is 0 Å². The van der Waals surface area contributed by atoms with E-state index >= 15 is 0 Å². The summed E-state index contributed by atoms with van der Waals surface area (Å²) < 4.78 is 24.0. The minimum absolute atomic E-state index is 0.0617. The first-order valence-electron chi connectivity index (χ1n) is 9.75. The second-order valence-electron chi connectivity index (χ2n) is 6.87. The fourth-order valence-electron chi connectivity index (χ4n) is 3.19. The van der Waals surface area contributed by atoms with Crippen molar-refractivity contribution in [3.8, 4) is 5.75 Å². The molecule has 3 rings (SSSR count). The molecule has 0 saturated carbocycles. The molecule has 1 saturated heterocycles. The number of nitrogens with one attached hydrogen (secondary N) is 1. The van der Waals surface area contributed by atoms with E-state index in [-0.39, 0.29) is 24.4 Å². The Balaban J connectivity index is 1.27. The van der Waals surface area contributed by atoms with Crippen molar-refractivity contribution < 1.29 is 18.7 Å². The standard InChI is InChI=1S/C22H27FN2O3/c23-19-8-10-20(11-9-19)28-17-22(26)24-12-4-5-13-25-14-15-27-21(16-25)18-6-2-1-3-7-18/h1-3,6-11,21H,4-5,12-17H2,(H,24,26).